The molecule has 2 atom stereocenters. The fraction of sp³-hybridized carbons (Fsp3) is 0.562. The minimum atomic E-state index is 0.165. The lowest BCUT2D eigenvalue weighted by molar-refractivity contribution is -0.132. The van der Waals surface area contributed by atoms with E-state index in [2.05, 4.69) is 30.0 Å². The van der Waals surface area contributed by atoms with Gasteiger partial charge < -0.3 is 9.80 Å². The molecule has 2 bridgehead atoms. The maximum atomic E-state index is 12.8. The number of amides is 1. The molecule has 132 valence electrons. The van der Waals surface area contributed by atoms with Crippen LogP contribution in [0.2, 0.25) is 0 Å². The van der Waals surface area contributed by atoms with Gasteiger partial charge in [0.1, 0.15) is 5.82 Å². The van der Waals surface area contributed by atoms with E-state index in [1.54, 1.807) is 12.4 Å². The van der Waals surface area contributed by atoms with E-state index >= 15 is 0 Å². The molecule has 2 aromatic heterocycles. The summed E-state index contributed by atoms with van der Waals surface area (Å²) >= 11 is 1.39. The normalized spacial score (nSPS) is 22.9. The van der Waals surface area contributed by atoms with Crippen molar-refractivity contribution in [2.24, 2.45) is 5.92 Å². The number of hydrogen-bond donors (Lipinski definition) is 1. The van der Waals surface area contributed by atoms with Gasteiger partial charge in [0.25, 0.3) is 0 Å². The van der Waals surface area contributed by atoms with E-state index in [1.807, 2.05) is 17.9 Å². The van der Waals surface area contributed by atoms with Gasteiger partial charge in [0, 0.05) is 38.1 Å². The molecule has 5 heterocycles. The van der Waals surface area contributed by atoms with Gasteiger partial charge in [-0.15, -0.1) is 5.10 Å². The predicted molar refractivity (Wildman–Crippen MR) is 94.3 cm³/mol. The molecule has 25 heavy (non-hydrogen) atoms. The summed E-state index contributed by atoms with van der Waals surface area (Å²) in [6.45, 7) is 4.39. The zero-order valence-electron chi connectivity index (χ0n) is 14.1. The molecule has 0 saturated carbocycles. The van der Waals surface area contributed by atoms with E-state index in [0.29, 0.717) is 16.8 Å². The zero-order chi connectivity index (χ0) is 17.2. The third kappa shape index (κ3) is 3.60. The average molecular weight is 359 g/mol. The number of aryl methyl sites for hydroxylation is 1. The van der Waals surface area contributed by atoms with Gasteiger partial charge in [0.2, 0.25) is 17.0 Å². The van der Waals surface area contributed by atoms with Crippen LogP contribution in [0.3, 0.4) is 0 Å². The van der Waals surface area contributed by atoms with Crippen molar-refractivity contribution in [2.75, 3.05) is 30.3 Å². The fourth-order valence-corrected chi connectivity index (χ4v) is 4.33. The Balaban J connectivity index is 1.42. The van der Waals surface area contributed by atoms with Crippen molar-refractivity contribution in [3.05, 3.63) is 24.3 Å². The Morgan fingerprint density at radius 2 is 2.12 bits per heavy atom. The Kier molecular flexibility index (Phi) is 4.56. The second-order valence-corrected chi connectivity index (χ2v) is 7.53. The number of fused-ring (bicyclic) bond motifs is 4. The highest BCUT2D eigenvalue weighted by Crippen LogP contribution is 2.30. The van der Waals surface area contributed by atoms with Crippen molar-refractivity contribution >= 4 is 23.6 Å². The Morgan fingerprint density at radius 3 is 2.88 bits per heavy atom. The lowest BCUT2D eigenvalue weighted by Crippen LogP contribution is -2.48. The summed E-state index contributed by atoms with van der Waals surface area (Å²) in [4.78, 5) is 30.0. The number of nitrogens with one attached hydrogen (secondary N) is 1. The summed E-state index contributed by atoms with van der Waals surface area (Å²) in [6.07, 6.45) is 5.75. The molecule has 0 spiro atoms. The van der Waals surface area contributed by atoms with Crippen LogP contribution in [-0.2, 0) is 4.79 Å². The third-order valence-electron chi connectivity index (χ3n) is 4.77. The lowest BCUT2D eigenvalue weighted by Gasteiger charge is -2.36. The van der Waals surface area contributed by atoms with Crippen LogP contribution in [0.4, 0.5) is 5.95 Å². The lowest BCUT2D eigenvalue weighted by atomic mass is 9.95. The van der Waals surface area contributed by atoms with Crippen LogP contribution in [0.15, 0.2) is 23.6 Å². The molecule has 0 radical (unpaired) electrons. The van der Waals surface area contributed by atoms with Crippen molar-refractivity contribution in [3.63, 3.8) is 0 Å². The molecule has 3 aliphatic heterocycles. The molecule has 9 heteroatoms. The van der Waals surface area contributed by atoms with Crippen molar-refractivity contribution in [3.8, 4) is 0 Å². The van der Waals surface area contributed by atoms with E-state index in [9.17, 15) is 4.79 Å². The van der Waals surface area contributed by atoms with Crippen LogP contribution in [0, 0.1) is 12.8 Å². The Morgan fingerprint density at radius 1 is 1.28 bits per heavy atom. The van der Waals surface area contributed by atoms with Gasteiger partial charge in [-0.25, -0.2) is 15.0 Å². The molecule has 0 aromatic carbocycles. The van der Waals surface area contributed by atoms with Crippen LogP contribution in [0.1, 0.15) is 18.7 Å². The molecule has 3 aliphatic rings. The molecule has 1 N–H and O–H groups in total. The summed E-state index contributed by atoms with van der Waals surface area (Å²) < 4.78 is 0. The Labute approximate surface area is 150 Å². The molecular weight excluding hydrogens is 338 g/mol. The highest BCUT2D eigenvalue weighted by molar-refractivity contribution is 7.99. The SMILES string of the molecule is Cc1nc(SCC(=O)N2C[C@@H]3CC[C@H]2CN(c2ncccn2)C3)n[nH]1. The first-order valence-electron chi connectivity index (χ1n) is 8.52. The first kappa shape index (κ1) is 16.3. The maximum absolute atomic E-state index is 12.8. The number of H-pyrrole nitrogens is 1. The number of rotatable bonds is 4. The van der Waals surface area contributed by atoms with E-state index in [1.165, 1.54) is 11.8 Å². The molecule has 3 saturated heterocycles. The van der Waals surface area contributed by atoms with E-state index in [4.69, 9.17) is 0 Å². The van der Waals surface area contributed by atoms with Gasteiger partial charge in [-0.1, -0.05) is 11.8 Å². The second kappa shape index (κ2) is 6.99. The molecule has 0 unspecified atom stereocenters. The summed E-state index contributed by atoms with van der Waals surface area (Å²) in [6, 6.07) is 2.05. The van der Waals surface area contributed by atoms with Crippen molar-refractivity contribution in [1.82, 2.24) is 30.0 Å². The number of nitrogens with zero attached hydrogens (tertiary/aromatic N) is 6. The average Bonchev–Trinajstić information content (AvgIpc) is 2.85. The quantitative estimate of drug-likeness (QED) is 0.818. The Bertz CT molecular complexity index is 737. The summed E-state index contributed by atoms with van der Waals surface area (Å²) in [7, 11) is 0. The first-order chi connectivity index (χ1) is 12.2. The van der Waals surface area contributed by atoms with Crippen molar-refractivity contribution in [2.45, 2.75) is 31.0 Å². The van der Waals surface area contributed by atoms with Gasteiger partial charge >= 0.3 is 0 Å². The smallest absolute Gasteiger partial charge is 0.233 e. The van der Waals surface area contributed by atoms with Crippen LogP contribution >= 0.6 is 11.8 Å². The zero-order valence-corrected chi connectivity index (χ0v) is 14.9. The Hall–Kier alpha value is -2.16. The highest BCUT2D eigenvalue weighted by Gasteiger charge is 2.37. The largest absolute Gasteiger partial charge is 0.338 e. The first-order valence-corrected chi connectivity index (χ1v) is 9.51. The molecule has 5 rings (SSSR count). The van der Waals surface area contributed by atoms with Gasteiger partial charge in [0.05, 0.1) is 5.75 Å². The van der Waals surface area contributed by atoms with Gasteiger partial charge in [-0.05, 0) is 31.7 Å². The van der Waals surface area contributed by atoms with Gasteiger partial charge in [-0.3, -0.25) is 9.89 Å². The van der Waals surface area contributed by atoms with Crippen molar-refractivity contribution in [1.29, 1.82) is 0 Å². The highest BCUT2D eigenvalue weighted by atomic mass is 32.2. The predicted octanol–water partition coefficient (Wildman–Crippen LogP) is 1.12. The summed E-state index contributed by atoms with van der Waals surface area (Å²) in [5.74, 6) is 2.55. The number of aromatic nitrogens is 5. The van der Waals surface area contributed by atoms with Crippen molar-refractivity contribution < 1.29 is 4.79 Å². The fourth-order valence-electron chi connectivity index (χ4n) is 3.60. The topological polar surface area (TPSA) is 90.9 Å². The maximum Gasteiger partial charge on any atom is 0.233 e. The standard InChI is InChI=1S/C16H21N7OS/c1-11-19-16(21-20-11)25-10-14(24)23-8-12-3-4-13(23)9-22(7-12)15-17-5-2-6-18-15/h2,5-6,12-13H,3-4,7-10H2,1H3,(H,19,20,21)/t12-,13+/m1/s1. The number of carbonyl (C=O) groups is 1. The minimum absolute atomic E-state index is 0.165. The molecule has 0 aliphatic carbocycles. The van der Waals surface area contributed by atoms with Crippen LogP contribution in [0.5, 0.6) is 0 Å². The number of hydrogen-bond acceptors (Lipinski definition) is 7. The number of thioether (sulfide) groups is 1. The van der Waals surface area contributed by atoms with Crippen LogP contribution in [0.25, 0.3) is 0 Å². The summed E-state index contributed by atoms with van der Waals surface area (Å²) in [5.41, 5.74) is 0. The molecule has 3 fully saturated rings. The van der Waals surface area contributed by atoms with Crippen LogP contribution < -0.4 is 4.90 Å². The number of aromatic amines is 1. The van der Waals surface area contributed by atoms with E-state index < -0.39 is 0 Å². The monoisotopic (exact) mass is 359 g/mol. The van der Waals surface area contributed by atoms with Gasteiger partial charge in [-0.2, -0.15) is 0 Å². The van der Waals surface area contributed by atoms with E-state index in [0.717, 1.165) is 44.2 Å². The molecule has 2 aromatic rings. The van der Waals surface area contributed by atoms with Gasteiger partial charge in [0.15, 0.2) is 0 Å². The third-order valence-corrected chi connectivity index (χ3v) is 5.60. The number of carbonyl (C=O) groups excluding carboxylic acids is 1. The molecular formula is C16H21N7OS. The number of anilines is 1. The summed E-state index contributed by atoms with van der Waals surface area (Å²) in [5, 5.41) is 7.52. The molecule has 1 amide bonds. The van der Waals surface area contributed by atoms with E-state index in [-0.39, 0.29) is 11.9 Å². The van der Waals surface area contributed by atoms with Crippen LogP contribution in [-0.4, -0.2) is 67.4 Å². The number of piperidine rings is 1. The minimum Gasteiger partial charge on any atom is -0.338 e. The molecule has 8 nitrogen and oxygen atoms in total. The second-order valence-electron chi connectivity index (χ2n) is 6.59.